The zero-order valence-corrected chi connectivity index (χ0v) is 21.9. The van der Waals surface area contributed by atoms with Crippen molar-refractivity contribution in [1.82, 2.24) is 14.6 Å². The highest BCUT2D eigenvalue weighted by Gasteiger charge is 2.36. The number of benzene rings is 1. The summed E-state index contributed by atoms with van der Waals surface area (Å²) >= 11 is 0. The Kier molecular flexibility index (Phi) is 9.95. The molecule has 0 spiro atoms. The van der Waals surface area contributed by atoms with Gasteiger partial charge in [0.2, 0.25) is 5.91 Å². The molecule has 1 aromatic heterocycles. The fraction of sp³-hybridized carbons (Fsp3) is 0.478. The first-order chi connectivity index (χ1) is 17.6. The predicted molar refractivity (Wildman–Crippen MR) is 132 cm³/mol. The number of para-hydroxylation sites is 1. The number of hydrogen-bond acceptors (Lipinski definition) is 10. The summed E-state index contributed by atoms with van der Waals surface area (Å²) in [7, 11) is -4.10. The summed E-state index contributed by atoms with van der Waals surface area (Å²) in [6.45, 7) is 6.19. The molecule has 14 heteroatoms. The van der Waals surface area contributed by atoms with Gasteiger partial charge in [-0.2, -0.15) is 10.1 Å². The summed E-state index contributed by atoms with van der Waals surface area (Å²) in [4.78, 5) is 40.0. The number of nitrogens with zero attached hydrogens (tertiary/aromatic N) is 2. The van der Waals surface area contributed by atoms with Crippen LogP contribution in [0.25, 0.3) is 0 Å². The molecule has 1 aliphatic heterocycles. The summed E-state index contributed by atoms with van der Waals surface area (Å²) in [5.74, 6) is -0.525. The minimum absolute atomic E-state index is 0.00926. The maximum absolute atomic E-state index is 13.5. The number of anilines is 1. The van der Waals surface area contributed by atoms with Gasteiger partial charge < -0.3 is 24.1 Å². The van der Waals surface area contributed by atoms with Crippen LogP contribution in [0.3, 0.4) is 0 Å². The molecule has 0 saturated carbocycles. The normalized spacial score (nSPS) is 19.7. The highest BCUT2D eigenvalue weighted by molar-refractivity contribution is 7.52. The van der Waals surface area contributed by atoms with E-state index in [2.05, 4.69) is 15.4 Å². The molecule has 1 amide bonds. The molecular formula is C23H31N4O9P. The first kappa shape index (κ1) is 28.5. The van der Waals surface area contributed by atoms with Gasteiger partial charge in [-0.3, -0.25) is 18.7 Å². The van der Waals surface area contributed by atoms with Gasteiger partial charge >= 0.3 is 19.4 Å². The molecule has 0 radical (unpaired) electrons. The molecule has 3 rings (SSSR count). The van der Waals surface area contributed by atoms with Gasteiger partial charge in [0.05, 0.1) is 12.7 Å². The lowest BCUT2D eigenvalue weighted by atomic mass is 10.3. The van der Waals surface area contributed by atoms with Crippen LogP contribution in [0.15, 0.2) is 47.4 Å². The largest absolute Gasteiger partial charge is 0.462 e. The molecule has 2 N–H and O–H groups in total. The van der Waals surface area contributed by atoms with E-state index >= 15 is 0 Å². The van der Waals surface area contributed by atoms with Crippen molar-refractivity contribution in [3.63, 3.8) is 0 Å². The number of esters is 1. The number of ether oxygens (including phenoxy) is 3. The summed E-state index contributed by atoms with van der Waals surface area (Å²) < 4.78 is 42.2. The van der Waals surface area contributed by atoms with Gasteiger partial charge in [0.25, 0.3) is 0 Å². The van der Waals surface area contributed by atoms with Crippen molar-refractivity contribution in [2.45, 2.75) is 58.8 Å². The summed E-state index contributed by atoms with van der Waals surface area (Å²) in [6.07, 6.45) is -0.517. The molecule has 1 fully saturated rings. The Morgan fingerprint density at radius 2 is 1.95 bits per heavy atom. The zero-order valence-electron chi connectivity index (χ0n) is 21.0. The average Bonchev–Trinajstić information content (AvgIpc) is 3.32. The Morgan fingerprint density at radius 1 is 1.22 bits per heavy atom. The van der Waals surface area contributed by atoms with Gasteiger partial charge in [0.1, 0.15) is 24.2 Å². The smallest absolute Gasteiger partial charge is 0.459 e. The van der Waals surface area contributed by atoms with Gasteiger partial charge in [0.15, 0.2) is 12.5 Å². The van der Waals surface area contributed by atoms with E-state index in [4.69, 9.17) is 23.3 Å². The molecule has 202 valence electrons. The van der Waals surface area contributed by atoms with Crippen LogP contribution in [-0.2, 0) is 32.9 Å². The van der Waals surface area contributed by atoms with E-state index in [1.165, 1.54) is 23.8 Å². The van der Waals surface area contributed by atoms with Gasteiger partial charge in [-0.15, -0.1) is 0 Å². The number of nitrogens with one attached hydrogen (secondary N) is 2. The molecule has 2 aromatic rings. The van der Waals surface area contributed by atoms with Crippen LogP contribution in [0, 0.1) is 0 Å². The Morgan fingerprint density at radius 3 is 2.59 bits per heavy atom. The minimum Gasteiger partial charge on any atom is -0.462 e. The van der Waals surface area contributed by atoms with Crippen LogP contribution in [0.2, 0.25) is 0 Å². The molecule has 1 saturated heterocycles. The number of carbonyl (C=O) groups is 2. The average molecular weight is 538 g/mol. The van der Waals surface area contributed by atoms with Crippen LogP contribution in [0.5, 0.6) is 5.75 Å². The van der Waals surface area contributed by atoms with Crippen molar-refractivity contribution in [2.75, 3.05) is 18.5 Å². The van der Waals surface area contributed by atoms with Crippen LogP contribution < -0.4 is 20.6 Å². The molecule has 0 aliphatic carbocycles. The quantitative estimate of drug-likeness (QED) is 0.302. The Bertz CT molecular complexity index is 1170. The highest BCUT2D eigenvalue weighted by Crippen LogP contribution is 2.45. The number of rotatable bonds is 12. The van der Waals surface area contributed by atoms with Crippen LogP contribution in [0.4, 0.5) is 5.82 Å². The van der Waals surface area contributed by atoms with Crippen molar-refractivity contribution in [2.24, 2.45) is 0 Å². The van der Waals surface area contributed by atoms with Crippen molar-refractivity contribution in [3.05, 3.63) is 53.1 Å². The molecule has 1 unspecified atom stereocenters. The molecule has 37 heavy (non-hydrogen) atoms. The minimum atomic E-state index is -4.10. The second-order valence-corrected chi connectivity index (χ2v) is 9.99. The SMILES string of the molecule is CCC(=O)Nc1ccn([C@@H]2CO[C@H](COP(=O)(N[C@@H](C)C(=O)OC(C)C)Oc3ccccc3)O2)c(=O)n1. The van der Waals surface area contributed by atoms with E-state index in [1.807, 2.05) is 0 Å². The van der Waals surface area contributed by atoms with E-state index < -0.39 is 38.0 Å². The number of aromatic nitrogens is 2. The zero-order chi connectivity index (χ0) is 27.0. The summed E-state index contributed by atoms with van der Waals surface area (Å²) in [6, 6.07) is 8.76. The molecule has 1 aliphatic rings. The second-order valence-electron chi connectivity index (χ2n) is 8.29. The Hall–Kier alpha value is -3.09. The summed E-state index contributed by atoms with van der Waals surface area (Å²) in [5, 5.41) is 5.08. The second kappa shape index (κ2) is 12.9. The number of hydrogen-bond donors (Lipinski definition) is 2. The fourth-order valence-corrected chi connectivity index (χ4v) is 4.58. The van der Waals surface area contributed by atoms with E-state index in [1.54, 1.807) is 51.1 Å². The topological polar surface area (TPSA) is 156 Å². The van der Waals surface area contributed by atoms with Crippen LogP contribution in [0.1, 0.15) is 40.3 Å². The first-order valence-corrected chi connectivity index (χ1v) is 13.3. The Balaban J connectivity index is 1.65. The van der Waals surface area contributed by atoms with Gasteiger partial charge in [-0.1, -0.05) is 25.1 Å². The van der Waals surface area contributed by atoms with Crippen molar-refractivity contribution in [1.29, 1.82) is 0 Å². The maximum atomic E-state index is 13.5. The van der Waals surface area contributed by atoms with E-state index in [9.17, 15) is 18.9 Å². The number of amides is 1. The molecule has 1 aromatic carbocycles. The molecule has 0 bridgehead atoms. The third kappa shape index (κ3) is 8.48. The van der Waals surface area contributed by atoms with E-state index in [-0.39, 0.29) is 43.2 Å². The Labute approximate surface area is 214 Å². The first-order valence-electron chi connectivity index (χ1n) is 11.7. The molecule has 2 heterocycles. The third-order valence-electron chi connectivity index (χ3n) is 4.87. The third-order valence-corrected chi connectivity index (χ3v) is 6.51. The molecular weight excluding hydrogens is 507 g/mol. The van der Waals surface area contributed by atoms with Gasteiger partial charge in [0, 0.05) is 12.6 Å². The maximum Gasteiger partial charge on any atom is 0.459 e. The van der Waals surface area contributed by atoms with E-state index in [0.29, 0.717) is 0 Å². The standard InChI is InChI=1S/C23H31N4O9P/c1-5-19(28)24-18-11-12-27(23(30)25-18)20-13-32-21(35-20)14-33-37(31,36-17-9-7-6-8-10-17)26-16(4)22(29)34-15(2)3/h6-12,15-16,20-21H,5,13-14H2,1-4H3,(H,26,31)(H,24,25,28,30)/t16-,20-,21-,37?/m0/s1. The van der Waals surface area contributed by atoms with Crippen LogP contribution >= 0.6 is 7.75 Å². The molecule has 4 atom stereocenters. The lowest BCUT2D eigenvalue weighted by Crippen LogP contribution is -2.36. The van der Waals surface area contributed by atoms with Crippen molar-refractivity contribution in [3.8, 4) is 5.75 Å². The lowest BCUT2D eigenvalue weighted by molar-refractivity contribution is -0.149. The van der Waals surface area contributed by atoms with Crippen molar-refractivity contribution >= 4 is 25.4 Å². The monoisotopic (exact) mass is 538 g/mol. The van der Waals surface area contributed by atoms with Gasteiger partial charge in [-0.25, -0.2) is 9.36 Å². The fourth-order valence-electron chi connectivity index (χ4n) is 3.10. The molecule has 13 nitrogen and oxygen atoms in total. The van der Waals surface area contributed by atoms with Crippen molar-refractivity contribution < 1.29 is 37.4 Å². The highest BCUT2D eigenvalue weighted by atomic mass is 31.2. The van der Waals surface area contributed by atoms with Gasteiger partial charge in [-0.05, 0) is 39.0 Å². The predicted octanol–water partition coefficient (Wildman–Crippen LogP) is 2.60. The lowest BCUT2D eigenvalue weighted by Gasteiger charge is -2.24. The summed E-state index contributed by atoms with van der Waals surface area (Å²) in [5.41, 5.74) is -0.652. The van der Waals surface area contributed by atoms with Crippen LogP contribution in [-0.4, -0.2) is 53.1 Å². The van der Waals surface area contributed by atoms with E-state index in [0.717, 1.165) is 0 Å². The number of carbonyl (C=O) groups excluding carboxylic acids is 2.